The van der Waals surface area contributed by atoms with Gasteiger partial charge >= 0.3 is 0 Å². The summed E-state index contributed by atoms with van der Waals surface area (Å²) in [4.78, 5) is 12.8. The predicted molar refractivity (Wildman–Crippen MR) is 131 cm³/mol. The Kier molecular flexibility index (Phi) is 7.88. The van der Waals surface area contributed by atoms with E-state index in [1.54, 1.807) is 12.2 Å². The molecule has 0 bridgehead atoms. The fraction of sp³-hybridized carbons (Fsp3) is 0.444. The highest BCUT2D eigenvalue weighted by atomic mass is 32.2. The Hall–Kier alpha value is -2.20. The minimum atomic E-state index is -0.0363. The smallest absolute Gasteiger partial charge is 0.185 e. The lowest BCUT2D eigenvalue weighted by atomic mass is 10.0. The first-order valence-electron chi connectivity index (χ1n) is 11.2. The number of ether oxygens (including phenoxy) is 1. The molecule has 4 heteroatoms. The second kappa shape index (κ2) is 10.4. The van der Waals surface area contributed by atoms with Crippen molar-refractivity contribution in [2.75, 3.05) is 0 Å². The Labute approximate surface area is 190 Å². The van der Waals surface area contributed by atoms with E-state index >= 15 is 0 Å². The maximum absolute atomic E-state index is 12.8. The van der Waals surface area contributed by atoms with Gasteiger partial charge in [-0.1, -0.05) is 25.3 Å². The maximum Gasteiger partial charge on any atom is 0.185 e. The molecule has 31 heavy (non-hydrogen) atoms. The van der Waals surface area contributed by atoms with Gasteiger partial charge in [-0.2, -0.15) is 0 Å². The van der Waals surface area contributed by atoms with Crippen molar-refractivity contribution in [3.05, 3.63) is 63.7 Å². The molecule has 3 nitrogen and oxygen atoms in total. The van der Waals surface area contributed by atoms with Crippen LogP contribution in [0.15, 0.2) is 30.3 Å². The van der Waals surface area contributed by atoms with Crippen LogP contribution < -0.4 is 4.74 Å². The molecule has 0 amide bonds. The van der Waals surface area contributed by atoms with Crippen LogP contribution in [0, 0.1) is 27.7 Å². The Morgan fingerprint density at radius 3 is 2.16 bits per heavy atom. The molecule has 0 spiro atoms. The van der Waals surface area contributed by atoms with Crippen LogP contribution in [0.3, 0.4) is 0 Å². The molecule has 1 aliphatic carbocycles. The fourth-order valence-corrected chi connectivity index (χ4v) is 5.60. The third kappa shape index (κ3) is 6.16. The Bertz CT molecular complexity index is 924. The van der Waals surface area contributed by atoms with Gasteiger partial charge in [0.15, 0.2) is 5.78 Å². The van der Waals surface area contributed by atoms with Crippen molar-refractivity contribution in [3.8, 4) is 11.5 Å². The van der Waals surface area contributed by atoms with Gasteiger partial charge in [-0.05, 0) is 106 Å². The van der Waals surface area contributed by atoms with Crippen molar-refractivity contribution >= 4 is 23.6 Å². The van der Waals surface area contributed by atoms with Crippen molar-refractivity contribution in [1.29, 1.82) is 0 Å². The number of phenolic OH excluding ortho intramolecular Hbond substituents is 1. The molecule has 3 rings (SSSR count). The molecule has 0 saturated heterocycles. The van der Waals surface area contributed by atoms with Crippen LogP contribution in [0.4, 0.5) is 0 Å². The molecule has 0 radical (unpaired) electrons. The molecule has 2 aromatic carbocycles. The standard InChI is InChI=1S/C27H34O3S/c1-17-13-22(14-18(2)26(17)29)11-12-25(28)23-15-19(3)27(20(4)16-23)30-21(5)31-24-9-7-6-8-10-24/h11-16,21,24,29H,6-10H2,1-5H3. The number of allylic oxidation sites excluding steroid dienone is 1. The normalized spacial score (nSPS) is 15.9. The third-order valence-electron chi connectivity index (χ3n) is 5.91. The summed E-state index contributed by atoms with van der Waals surface area (Å²) in [7, 11) is 0. The number of rotatable bonds is 7. The molecule has 2 aromatic rings. The molecule has 0 aliphatic heterocycles. The summed E-state index contributed by atoms with van der Waals surface area (Å²) in [5.74, 6) is 1.16. The molecule has 0 heterocycles. The zero-order valence-electron chi connectivity index (χ0n) is 19.3. The number of aromatic hydroxyl groups is 1. The van der Waals surface area contributed by atoms with E-state index < -0.39 is 0 Å². The number of thioether (sulfide) groups is 1. The van der Waals surface area contributed by atoms with Gasteiger partial charge in [-0.3, -0.25) is 4.79 Å². The van der Waals surface area contributed by atoms with Gasteiger partial charge in [-0.15, -0.1) is 11.8 Å². The van der Waals surface area contributed by atoms with Crippen molar-refractivity contribution in [3.63, 3.8) is 0 Å². The SMILES string of the molecule is Cc1cc(C=CC(=O)c2cc(C)c(OC(C)SC3CCCCC3)c(C)c2)cc(C)c1O. The predicted octanol–water partition coefficient (Wildman–Crippen LogP) is 7.31. The van der Waals surface area contributed by atoms with Crippen LogP contribution in [0.1, 0.15) is 77.2 Å². The lowest BCUT2D eigenvalue weighted by molar-refractivity contribution is 0.104. The average molecular weight is 439 g/mol. The Morgan fingerprint density at radius 1 is 1.00 bits per heavy atom. The van der Waals surface area contributed by atoms with Crippen molar-refractivity contribution in [2.45, 2.75) is 77.4 Å². The van der Waals surface area contributed by atoms with Gasteiger partial charge in [0.25, 0.3) is 0 Å². The monoisotopic (exact) mass is 438 g/mol. The topological polar surface area (TPSA) is 46.5 Å². The van der Waals surface area contributed by atoms with Gasteiger partial charge in [0.05, 0.1) is 0 Å². The number of carbonyl (C=O) groups is 1. The van der Waals surface area contributed by atoms with E-state index in [0.717, 1.165) is 33.6 Å². The second-order valence-corrected chi connectivity index (χ2v) is 10.3. The number of benzene rings is 2. The molecule has 1 saturated carbocycles. The van der Waals surface area contributed by atoms with Gasteiger partial charge in [0.1, 0.15) is 16.9 Å². The summed E-state index contributed by atoms with van der Waals surface area (Å²) in [6.45, 7) is 9.86. The number of ketones is 1. The summed E-state index contributed by atoms with van der Waals surface area (Å²) in [6, 6.07) is 7.59. The summed E-state index contributed by atoms with van der Waals surface area (Å²) in [5.41, 5.74) is 5.26. The van der Waals surface area contributed by atoms with Gasteiger partial charge < -0.3 is 9.84 Å². The van der Waals surface area contributed by atoms with E-state index in [-0.39, 0.29) is 11.2 Å². The molecule has 1 atom stereocenters. The van der Waals surface area contributed by atoms with E-state index in [1.807, 2.05) is 63.7 Å². The minimum absolute atomic E-state index is 0.0363. The molecule has 1 fully saturated rings. The van der Waals surface area contributed by atoms with E-state index in [9.17, 15) is 9.90 Å². The van der Waals surface area contributed by atoms with E-state index in [0.29, 0.717) is 16.6 Å². The van der Waals surface area contributed by atoms with Crippen LogP contribution in [0.25, 0.3) is 6.08 Å². The average Bonchev–Trinajstić information content (AvgIpc) is 2.73. The molecule has 166 valence electrons. The summed E-state index contributed by atoms with van der Waals surface area (Å²) in [6.07, 6.45) is 10.0. The van der Waals surface area contributed by atoms with Crippen LogP contribution >= 0.6 is 11.8 Å². The van der Waals surface area contributed by atoms with E-state index in [2.05, 4.69) is 6.92 Å². The first-order valence-corrected chi connectivity index (χ1v) is 12.1. The highest BCUT2D eigenvalue weighted by Crippen LogP contribution is 2.34. The molecule has 1 unspecified atom stereocenters. The van der Waals surface area contributed by atoms with Crippen molar-refractivity contribution < 1.29 is 14.6 Å². The number of hydrogen-bond acceptors (Lipinski definition) is 4. The van der Waals surface area contributed by atoms with Gasteiger partial charge in [0, 0.05) is 10.8 Å². The van der Waals surface area contributed by atoms with Gasteiger partial charge in [-0.25, -0.2) is 0 Å². The molecular formula is C27H34O3S. The zero-order chi connectivity index (χ0) is 22.5. The summed E-state index contributed by atoms with van der Waals surface area (Å²) in [5, 5.41) is 10.6. The summed E-state index contributed by atoms with van der Waals surface area (Å²) < 4.78 is 6.29. The zero-order valence-corrected chi connectivity index (χ0v) is 20.1. The first-order chi connectivity index (χ1) is 14.7. The lowest BCUT2D eigenvalue weighted by Crippen LogP contribution is -2.17. The number of aryl methyl sites for hydroxylation is 4. The largest absolute Gasteiger partial charge is 0.507 e. The van der Waals surface area contributed by atoms with Crippen molar-refractivity contribution in [2.24, 2.45) is 0 Å². The Morgan fingerprint density at radius 2 is 1.58 bits per heavy atom. The van der Waals surface area contributed by atoms with Crippen LogP contribution in [-0.4, -0.2) is 21.6 Å². The molecular weight excluding hydrogens is 404 g/mol. The first kappa shape index (κ1) is 23.5. The van der Waals surface area contributed by atoms with Gasteiger partial charge in [0.2, 0.25) is 0 Å². The quantitative estimate of drug-likeness (QED) is 0.280. The van der Waals surface area contributed by atoms with Crippen LogP contribution in [-0.2, 0) is 0 Å². The van der Waals surface area contributed by atoms with E-state index in [4.69, 9.17) is 4.74 Å². The third-order valence-corrected chi connectivity index (χ3v) is 7.24. The molecule has 0 aromatic heterocycles. The van der Waals surface area contributed by atoms with Crippen LogP contribution in [0.2, 0.25) is 0 Å². The molecule has 1 aliphatic rings. The van der Waals surface area contributed by atoms with Crippen molar-refractivity contribution in [1.82, 2.24) is 0 Å². The minimum Gasteiger partial charge on any atom is -0.507 e. The number of hydrogen-bond donors (Lipinski definition) is 1. The fourth-order valence-electron chi connectivity index (χ4n) is 4.30. The molecule has 1 N–H and O–H groups in total. The maximum atomic E-state index is 12.8. The number of phenols is 1. The highest BCUT2D eigenvalue weighted by molar-refractivity contribution is 8.00. The lowest BCUT2D eigenvalue weighted by Gasteiger charge is -2.25. The van der Waals surface area contributed by atoms with Crippen LogP contribution in [0.5, 0.6) is 11.5 Å². The number of carbonyl (C=O) groups excluding carboxylic acids is 1. The Balaban J connectivity index is 1.69. The highest BCUT2D eigenvalue weighted by Gasteiger charge is 2.19. The summed E-state index contributed by atoms with van der Waals surface area (Å²) >= 11 is 1.93. The second-order valence-electron chi connectivity index (χ2n) is 8.72. The van der Waals surface area contributed by atoms with E-state index in [1.165, 1.54) is 32.1 Å².